The smallest absolute Gasteiger partial charge is 0.266 e. The largest absolute Gasteiger partial charge is 0.383 e. The van der Waals surface area contributed by atoms with Crippen LogP contribution < -0.4 is 0 Å². The van der Waals surface area contributed by atoms with Crippen molar-refractivity contribution in [2.24, 2.45) is 4.99 Å². The first-order valence-electron chi connectivity index (χ1n) is 9.43. The number of halogens is 1. The van der Waals surface area contributed by atoms with E-state index in [-0.39, 0.29) is 5.91 Å². The minimum atomic E-state index is -0.0735. The number of carbonyl (C=O) groups is 1. The summed E-state index contributed by atoms with van der Waals surface area (Å²) in [6.07, 6.45) is 3.86. The predicted molar refractivity (Wildman–Crippen MR) is 123 cm³/mol. The summed E-state index contributed by atoms with van der Waals surface area (Å²) in [5.41, 5.74) is 2.68. The number of ether oxygens (including phenoxy) is 1. The molecule has 2 aromatic carbocycles. The van der Waals surface area contributed by atoms with Crippen LogP contribution in [0.15, 0.2) is 82.8 Å². The molecule has 0 aliphatic carbocycles. The van der Waals surface area contributed by atoms with E-state index < -0.39 is 0 Å². The number of benzene rings is 2. The van der Waals surface area contributed by atoms with Crippen molar-refractivity contribution in [3.05, 3.63) is 88.5 Å². The lowest BCUT2D eigenvalue weighted by atomic mass is 10.3. The van der Waals surface area contributed by atoms with Crippen LogP contribution >= 0.6 is 23.4 Å². The Hall–Kier alpha value is -2.80. The highest BCUT2D eigenvalue weighted by Crippen LogP contribution is 2.34. The zero-order valence-corrected chi connectivity index (χ0v) is 17.9. The molecule has 0 spiro atoms. The molecule has 1 aliphatic heterocycles. The van der Waals surface area contributed by atoms with Crippen molar-refractivity contribution in [3.8, 4) is 5.69 Å². The van der Waals surface area contributed by atoms with Crippen molar-refractivity contribution in [1.82, 2.24) is 9.47 Å². The maximum Gasteiger partial charge on any atom is 0.266 e. The van der Waals surface area contributed by atoms with Gasteiger partial charge in [-0.25, -0.2) is 4.99 Å². The molecule has 2 heterocycles. The van der Waals surface area contributed by atoms with Gasteiger partial charge in [0.15, 0.2) is 5.17 Å². The Morgan fingerprint density at radius 1 is 1.07 bits per heavy atom. The molecule has 1 aliphatic rings. The molecular weight excluding hydrogens is 418 g/mol. The van der Waals surface area contributed by atoms with Crippen LogP contribution in [0, 0.1) is 0 Å². The topological polar surface area (TPSA) is 46.8 Å². The number of carbonyl (C=O) groups excluding carboxylic acids is 1. The molecule has 1 amide bonds. The van der Waals surface area contributed by atoms with Crippen LogP contribution in [0.25, 0.3) is 11.8 Å². The van der Waals surface area contributed by atoms with E-state index >= 15 is 0 Å². The molecule has 152 valence electrons. The number of methoxy groups -OCH3 is 1. The molecule has 7 heteroatoms. The van der Waals surface area contributed by atoms with E-state index in [1.807, 2.05) is 83.6 Å². The average Bonchev–Trinajstić information content (AvgIpc) is 3.33. The zero-order valence-electron chi connectivity index (χ0n) is 16.4. The van der Waals surface area contributed by atoms with Gasteiger partial charge in [-0.2, -0.15) is 0 Å². The number of nitrogens with zero attached hydrogens (tertiary/aromatic N) is 3. The van der Waals surface area contributed by atoms with Gasteiger partial charge >= 0.3 is 0 Å². The first-order chi connectivity index (χ1) is 14.7. The first kappa shape index (κ1) is 20.5. The maximum atomic E-state index is 13.1. The molecule has 0 bridgehead atoms. The monoisotopic (exact) mass is 437 g/mol. The number of thioether (sulfide) groups is 1. The summed E-state index contributed by atoms with van der Waals surface area (Å²) >= 11 is 7.39. The van der Waals surface area contributed by atoms with Gasteiger partial charge < -0.3 is 9.30 Å². The molecule has 0 saturated carbocycles. The molecule has 1 aromatic heterocycles. The van der Waals surface area contributed by atoms with Gasteiger partial charge in [-0.1, -0.05) is 29.8 Å². The highest BCUT2D eigenvalue weighted by Gasteiger charge is 2.33. The van der Waals surface area contributed by atoms with E-state index in [9.17, 15) is 4.79 Å². The van der Waals surface area contributed by atoms with Crippen LogP contribution in [0.3, 0.4) is 0 Å². The van der Waals surface area contributed by atoms with Gasteiger partial charge in [-0.15, -0.1) is 0 Å². The lowest BCUT2D eigenvalue weighted by Crippen LogP contribution is -2.32. The van der Waals surface area contributed by atoms with E-state index in [0.717, 1.165) is 17.1 Å². The summed E-state index contributed by atoms with van der Waals surface area (Å²) in [7, 11) is 1.62. The third-order valence-electron chi connectivity index (χ3n) is 4.55. The van der Waals surface area contributed by atoms with Crippen molar-refractivity contribution >= 4 is 46.2 Å². The third kappa shape index (κ3) is 4.51. The molecular formula is C23H20ClN3O2S. The molecule has 3 aromatic rings. The molecule has 0 radical (unpaired) electrons. The fraction of sp³-hybridized carbons (Fsp3) is 0.130. The Bertz CT molecular complexity index is 1090. The van der Waals surface area contributed by atoms with Crippen LogP contribution in [-0.2, 0) is 9.53 Å². The number of aromatic nitrogens is 1. The first-order valence-corrected chi connectivity index (χ1v) is 10.6. The normalized spacial score (nSPS) is 16.7. The molecule has 1 saturated heterocycles. The van der Waals surface area contributed by atoms with Crippen LogP contribution in [-0.4, -0.2) is 40.8 Å². The second kappa shape index (κ2) is 9.34. The van der Waals surface area contributed by atoms with E-state index in [4.69, 9.17) is 16.3 Å². The van der Waals surface area contributed by atoms with Gasteiger partial charge in [0.1, 0.15) is 0 Å². The predicted octanol–water partition coefficient (Wildman–Crippen LogP) is 5.38. The Kier molecular flexibility index (Phi) is 6.38. The van der Waals surface area contributed by atoms with E-state index in [1.54, 1.807) is 12.0 Å². The number of hydrogen-bond donors (Lipinski definition) is 0. The number of amides is 1. The lowest BCUT2D eigenvalue weighted by Gasteiger charge is -2.14. The second-order valence-corrected chi connectivity index (χ2v) is 8.02. The molecule has 0 N–H and O–H groups in total. The average molecular weight is 438 g/mol. The summed E-state index contributed by atoms with van der Waals surface area (Å²) in [4.78, 5) is 20.1. The standard InChI is InChI=1S/C23H20ClN3O2S/c1-29-15-14-27-22(28)21(30-23(27)25-18-6-3-2-4-7-18)16-20-8-5-13-26(20)19-11-9-17(24)10-12-19/h2-13,16H,14-15H2,1H3/b21-16-,25-23?. The van der Waals surface area contributed by atoms with Gasteiger partial charge in [-0.05, 0) is 66.4 Å². The summed E-state index contributed by atoms with van der Waals surface area (Å²) in [5.74, 6) is -0.0735. The van der Waals surface area contributed by atoms with Crippen molar-refractivity contribution in [2.45, 2.75) is 0 Å². The fourth-order valence-corrected chi connectivity index (χ4v) is 4.20. The number of amidine groups is 1. The fourth-order valence-electron chi connectivity index (χ4n) is 3.07. The van der Waals surface area contributed by atoms with Gasteiger partial charge in [-0.3, -0.25) is 9.69 Å². The van der Waals surface area contributed by atoms with Crippen LogP contribution in [0.2, 0.25) is 5.02 Å². The number of para-hydroxylation sites is 1. The molecule has 30 heavy (non-hydrogen) atoms. The summed E-state index contributed by atoms with van der Waals surface area (Å²) in [6.45, 7) is 0.887. The third-order valence-corrected chi connectivity index (χ3v) is 5.81. The van der Waals surface area contributed by atoms with Crippen molar-refractivity contribution in [1.29, 1.82) is 0 Å². The maximum absolute atomic E-state index is 13.1. The second-order valence-electron chi connectivity index (χ2n) is 6.57. The highest BCUT2D eigenvalue weighted by atomic mass is 35.5. The Morgan fingerprint density at radius 3 is 2.57 bits per heavy atom. The van der Waals surface area contributed by atoms with Gasteiger partial charge in [0.2, 0.25) is 0 Å². The van der Waals surface area contributed by atoms with Crippen molar-refractivity contribution in [3.63, 3.8) is 0 Å². The van der Waals surface area contributed by atoms with Crippen molar-refractivity contribution < 1.29 is 9.53 Å². The quantitative estimate of drug-likeness (QED) is 0.486. The minimum absolute atomic E-state index is 0.0735. The van der Waals surface area contributed by atoms with Gasteiger partial charge in [0.25, 0.3) is 5.91 Å². The summed E-state index contributed by atoms with van der Waals surface area (Å²) in [6, 6.07) is 21.1. The van der Waals surface area contributed by atoms with E-state index in [1.165, 1.54) is 11.8 Å². The molecule has 5 nitrogen and oxygen atoms in total. The SMILES string of the molecule is COCCN1C(=O)/C(=C/c2cccn2-c2ccc(Cl)cc2)SC1=Nc1ccccc1. The van der Waals surface area contributed by atoms with Crippen LogP contribution in [0.1, 0.15) is 5.69 Å². The van der Waals surface area contributed by atoms with Gasteiger partial charge in [0, 0.05) is 29.7 Å². The summed E-state index contributed by atoms with van der Waals surface area (Å²) in [5, 5.41) is 1.34. The van der Waals surface area contributed by atoms with Crippen LogP contribution in [0.5, 0.6) is 0 Å². The van der Waals surface area contributed by atoms with Gasteiger partial charge in [0.05, 0.1) is 23.7 Å². The molecule has 0 unspecified atom stereocenters. The van der Waals surface area contributed by atoms with E-state index in [0.29, 0.717) is 28.2 Å². The summed E-state index contributed by atoms with van der Waals surface area (Å²) < 4.78 is 7.20. The molecule has 4 rings (SSSR count). The Balaban J connectivity index is 1.67. The minimum Gasteiger partial charge on any atom is -0.383 e. The van der Waals surface area contributed by atoms with E-state index in [2.05, 4.69) is 4.99 Å². The zero-order chi connectivity index (χ0) is 20.9. The molecule has 1 fully saturated rings. The lowest BCUT2D eigenvalue weighted by molar-refractivity contribution is -0.122. The number of hydrogen-bond acceptors (Lipinski definition) is 4. The van der Waals surface area contributed by atoms with Crippen molar-refractivity contribution in [2.75, 3.05) is 20.3 Å². The number of rotatable bonds is 6. The number of aliphatic imine (C=N–C) groups is 1. The molecule has 0 atom stereocenters. The Labute approximate surface area is 184 Å². The Morgan fingerprint density at radius 2 is 1.83 bits per heavy atom. The van der Waals surface area contributed by atoms with Crippen LogP contribution in [0.4, 0.5) is 5.69 Å². The highest BCUT2D eigenvalue weighted by molar-refractivity contribution is 8.18.